The fourth-order valence-corrected chi connectivity index (χ4v) is 3.62. The number of para-hydroxylation sites is 1. The Balaban J connectivity index is 1.88. The summed E-state index contributed by atoms with van der Waals surface area (Å²) in [4.78, 5) is 25.2. The number of carbonyl (C=O) groups is 2. The first-order valence-electron chi connectivity index (χ1n) is 7.93. The monoisotopic (exact) mass is 357 g/mol. The Labute approximate surface area is 142 Å². The number of halogens is 3. The molecule has 1 heterocycles. The van der Waals surface area contributed by atoms with Crippen LogP contribution in [0.3, 0.4) is 0 Å². The Bertz CT molecular complexity index is 699. The van der Waals surface area contributed by atoms with Crippen LogP contribution < -0.4 is 4.74 Å². The van der Waals surface area contributed by atoms with Gasteiger partial charge in [-0.15, -0.1) is 0 Å². The molecule has 25 heavy (non-hydrogen) atoms. The van der Waals surface area contributed by atoms with Crippen LogP contribution in [0.1, 0.15) is 18.4 Å². The fourth-order valence-electron chi connectivity index (χ4n) is 3.62. The van der Waals surface area contributed by atoms with Gasteiger partial charge in [0, 0.05) is 18.7 Å². The summed E-state index contributed by atoms with van der Waals surface area (Å²) in [7, 11) is 1.47. The molecule has 2 fully saturated rings. The smallest absolute Gasteiger partial charge is 0.394 e. The van der Waals surface area contributed by atoms with E-state index in [1.165, 1.54) is 7.11 Å². The third kappa shape index (κ3) is 2.94. The van der Waals surface area contributed by atoms with Gasteiger partial charge in [-0.05, 0) is 18.9 Å². The van der Waals surface area contributed by atoms with E-state index in [1.807, 2.05) is 0 Å². The molecule has 1 aromatic carbocycles. The van der Waals surface area contributed by atoms with Crippen molar-refractivity contribution in [3.8, 4) is 5.75 Å². The van der Waals surface area contributed by atoms with Gasteiger partial charge in [-0.3, -0.25) is 9.59 Å². The number of ether oxygens (including phenoxy) is 1. The van der Waals surface area contributed by atoms with Crippen LogP contribution in [0.2, 0.25) is 0 Å². The number of carboxylic acid groups (broad SMARTS) is 1. The van der Waals surface area contributed by atoms with Crippen molar-refractivity contribution in [3.05, 3.63) is 29.8 Å². The van der Waals surface area contributed by atoms with Crippen LogP contribution in [0.25, 0.3) is 0 Å². The van der Waals surface area contributed by atoms with Gasteiger partial charge >= 0.3 is 12.1 Å². The van der Waals surface area contributed by atoms with Gasteiger partial charge in [-0.2, -0.15) is 13.2 Å². The zero-order chi connectivity index (χ0) is 18.4. The Hall–Kier alpha value is -2.25. The minimum absolute atomic E-state index is 0.421. The highest BCUT2D eigenvalue weighted by molar-refractivity contribution is 5.93. The van der Waals surface area contributed by atoms with Crippen LogP contribution in [-0.2, 0) is 15.0 Å². The summed E-state index contributed by atoms with van der Waals surface area (Å²) in [5.41, 5.74) is -0.263. The highest BCUT2D eigenvalue weighted by atomic mass is 19.4. The molecule has 1 aromatic rings. The minimum atomic E-state index is -4.65. The van der Waals surface area contributed by atoms with E-state index in [2.05, 4.69) is 0 Å². The van der Waals surface area contributed by atoms with Gasteiger partial charge in [0.1, 0.15) is 5.75 Å². The SMILES string of the molecule is COc1ccccc1C1(C(=O)N2C[C@@H](C(F)(F)F)[C@H](C(=O)O)C2)CC1. The lowest BCUT2D eigenvalue weighted by Gasteiger charge is -2.25. The summed E-state index contributed by atoms with van der Waals surface area (Å²) in [6.07, 6.45) is -3.63. The van der Waals surface area contributed by atoms with E-state index in [4.69, 9.17) is 9.84 Å². The van der Waals surface area contributed by atoms with Gasteiger partial charge in [0.2, 0.25) is 5.91 Å². The number of aliphatic carboxylic acids is 1. The van der Waals surface area contributed by atoms with E-state index in [1.54, 1.807) is 24.3 Å². The highest BCUT2D eigenvalue weighted by Crippen LogP contribution is 2.53. The van der Waals surface area contributed by atoms with Crippen molar-refractivity contribution in [2.24, 2.45) is 11.8 Å². The maximum atomic E-state index is 13.1. The summed E-state index contributed by atoms with van der Waals surface area (Å²) in [6, 6.07) is 6.92. The number of nitrogens with zero attached hydrogens (tertiary/aromatic N) is 1. The average molecular weight is 357 g/mol. The normalized spacial score (nSPS) is 24.9. The maximum absolute atomic E-state index is 13.1. The van der Waals surface area contributed by atoms with Crippen LogP contribution in [0.5, 0.6) is 5.75 Å². The first-order chi connectivity index (χ1) is 11.7. The van der Waals surface area contributed by atoms with Crippen LogP contribution in [0.4, 0.5) is 13.2 Å². The van der Waals surface area contributed by atoms with Crippen LogP contribution in [-0.4, -0.2) is 48.3 Å². The molecule has 2 atom stereocenters. The molecule has 1 aliphatic heterocycles. The number of alkyl halides is 3. The zero-order valence-electron chi connectivity index (χ0n) is 13.5. The number of amides is 1. The number of benzene rings is 1. The third-order valence-corrected chi connectivity index (χ3v) is 5.13. The lowest BCUT2D eigenvalue weighted by molar-refractivity contribution is -0.188. The quantitative estimate of drug-likeness (QED) is 0.899. The Morgan fingerprint density at radius 3 is 2.36 bits per heavy atom. The molecule has 1 saturated carbocycles. The molecular formula is C17H18F3NO4. The number of methoxy groups -OCH3 is 1. The van der Waals surface area contributed by atoms with Crippen LogP contribution in [0, 0.1) is 11.8 Å². The number of carboxylic acids is 1. The summed E-state index contributed by atoms with van der Waals surface area (Å²) in [5, 5.41) is 9.11. The van der Waals surface area contributed by atoms with E-state index >= 15 is 0 Å². The first kappa shape index (κ1) is 17.6. The molecule has 5 nitrogen and oxygen atoms in total. The van der Waals surface area contributed by atoms with Gasteiger partial charge < -0.3 is 14.7 Å². The van der Waals surface area contributed by atoms with Gasteiger partial charge in [-0.25, -0.2) is 0 Å². The Morgan fingerprint density at radius 1 is 1.24 bits per heavy atom. The number of rotatable bonds is 4. The number of carbonyl (C=O) groups excluding carboxylic acids is 1. The second-order valence-electron chi connectivity index (χ2n) is 6.59. The summed E-state index contributed by atoms with van der Waals surface area (Å²) >= 11 is 0. The molecule has 0 radical (unpaired) electrons. The van der Waals surface area contributed by atoms with E-state index in [-0.39, 0.29) is 0 Å². The molecule has 0 bridgehead atoms. The summed E-state index contributed by atoms with van der Waals surface area (Å²) < 4.78 is 44.7. The fraction of sp³-hybridized carbons (Fsp3) is 0.529. The van der Waals surface area contributed by atoms with Crippen molar-refractivity contribution in [3.63, 3.8) is 0 Å². The predicted octanol–water partition coefficient (Wildman–Crippen LogP) is 2.45. The summed E-state index contributed by atoms with van der Waals surface area (Å²) in [5.74, 6) is -5.13. The molecule has 0 aromatic heterocycles. The molecule has 136 valence electrons. The zero-order valence-corrected chi connectivity index (χ0v) is 13.5. The molecule has 1 aliphatic carbocycles. The van der Waals surface area contributed by atoms with Crippen molar-refractivity contribution < 1.29 is 32.6 Å². The van der Waals surface area contributed by atoms with Gasteiger partial charge in [0.25, 0.3) is 0 Å². The van der Waals surface area contributed by atoms with Crippen LogP contribution in [0.15, 0.2) is 24.3 Å². The number of hydrogen-bond acceptors (Lipinski definition) is 3. The third-order valence-electron chi connectivity index (χ3n) is 5.13. The molecule has 0 unspecified atom stereocenters. The predicted molar refractivity (Wildman–Crippen MR) is 81.2 cm³/mol. The second-order valence-corrected chi connectivity index (χ2v) is 6.59. The lowest BCUT2D eigenvalue weighted by atomic mass is 9.93. The van der Waals surface area contributed by atoms with E-state index in [9.17, 15) is 22.8 Å². The molecule has 1 saturated heterocycles. The van der Waals surface area contributed by atoms with E-state index < -0.39 is 48.4 Å². The number of hydrogen-bond donors (Lipinski definition) is 1. The van der Waals surface area contributed by atoms with Gasteiger partial charge in [0.15, 0.2) is 0 Å². The lowest BCUT2D eigenvalue weighted by Crippen LogP contribution is -2.39. The molecule has 1 N–H and O–H groups in total. The van der Waals surface area contributed by atoms with Crippen LogP contribution >= 0.6 is 0 Å². The van der Waals surface area contributed by atoms with Crippen molar-refractivity contribution in [2.75, 3.05) is 20.2 Å². The molecule has 8 heteroatoms. The highest BCUT2D eigenvalue weighted by Gasteiger charge is 2.59. The van der Waals surface area contributed by atoms with E-state index in [0.717, 1.165) is 4.90 Å². The summed E-state index contributed by atoms with van der Waals surface area (Å²) in [6.45, 7) is -1.04. The molecule has 2 aliphatic rings. The minimum Gasteiger partial charge on any atom is -0.496 e. The van der Waals surface area contributed by atoms with Crippen molar-refractivity contribution in [1.82, 2.24) is 4.90 Å². The molecule has 1 amide bonds. The molecule has 3 rings (SSSR count). The molecular weight excluding hydrogens is 339 g/mol. The van der Waals surface area contributed by atoms with Crippen molar-refractivity contribution >= 4 is 11.9 Å². The average Bonchev–Trinajstić information content (AvgIpc) is 3.23. The van der Waals surface area contributed by atoms with Crippen molar-refractivity contribution in [2.45, 2.75) is 24.4 Å². The number of likely N-dealkylation sites (tertiary alicyclic amines) is 1. The van der Waals surface area contributed by atoms with E-state index in [0.29, 0.717) is 24.2 Å². The van der Waals surface area contributed by atoms with Gasteiger partial charge in [-0.1, -0.05) is 18.2 Å². The Kier molecular flexibility index (Phi) is 4.17. The standard InChI is InChI=1S/C17H18F3NO4/c1-25-13-5-3-2-4-11(13)16(6-7-16)15(24)21-8-10(14(22)23)12(9-21)17(18,19)20/h2-5,10,12H,6-9H2,1H3,(H,22,23)/t10-,12-/m1/s1. The van der Waals surface area contributed by atoms with Gasteiger partial charge in [0.05, 0.1) is 24.4 Å². The topological polar surface area (TPSA) is 66.8 Å². The molecule has 0 spiro atoms. The Morgan fingerprint density at radius 2 is 1.88 bits per heavy atom. The van der Waals surface area contributed by atoms with Crippen molar-refractivity contribution in [1.29, 1.82) is 0 Å². The second kappa shape index (κ2) is 5.93. The maximum Gasteiger partial charge on any atom is 0.394 e. The first-order valence-corrected chi connectivity index (χ1v) is 7.93. The largest absolute Gasteiger partial charge is 0.496 e.